The molecule has 96 valence electrons. The largest absolute Gasteiger partial charge is 0.497 e. The van der Waals surface area contributed by atoms with Crippen LogP contribution in [0.4, 0.5) is 0 Å². The number of hydrogen-bond donors (Lipinski definition) is 1. The van der Waals surface area contributed by atoms with Crippen LogP contribution in [0.15, 0.2) is 36.5 Å². The van der Waals surface area contributed by atoms with Crippen LogP contribution in [0.25, 0.3) is 0 Å². The Morgan fingerprint density at radius 2 is 1.94 bits per heavy atom. The molecule has 4 nitrogen and oxygen atoms in total. The van der Waals surface area contributed by atoms with Gasteiger partial charge < -0.3 is 10.5 Å². The lowest BCUT2D eigenvalue weighted by Gasteiger charge is -2.10. The van der Waals surface area contributed by atoms with E-state index >= 15 is 0 Å². The Labute approximate surface area is 107 Å². The minimum Gasteiger partial charge on any atom is -0.497 e. The molecule has 0 saturated carbocycles. The minimum absolute atomic E-state index is 0.0910. The van der Waals surface area contributed by atoms with E-state index in [4.69, 9.17) is 10.5 Å². The summed E-state index contributed by atoms with van der Waals surface area (Å²) in [7, 11) is 3.58. The van der Waals surface area contributed by atoms with Gasteiger partial charge in [-0.25, -0.2) is 0 Å². The van der Waals surface area contributed by atoms with Gasteiger partial charge in [-0.3, -0.25) is 4.68 Å². The van der Waals surface area contributed by atoms with Crippen molar-refractivity contribution in [3.8, 4) is 5.75 Å². The quantitative estimate of drug-likeness (QED) is 0.869. The maximum atomic E-state index is 6.14. The minimum atomic E-state index is 0.0910. The first-order chi connectivity index (χ1) is 8.67. The number of rotatable bonds is 5. The molecular weight excluding hydrogens is 226 g/mol. The number of methoxy groups -OCH3 is 1. The van der Waals surface area contributed by atoms with E-state index in [1.54, 1.807) is 11.8 Å². The molecule has 2 aromatic rings. The monoisotopic (exact) mass is 245 g/mol. The van der Waals surface area contributed by atoms with Crippen LogP contribution in [0.3, 0.4) is 0 Å². The maximum Gasteiger partial charge on any atom is 0.118 e. The third-order valence-corrected chi connectivity index (χ3v) is 2.90. The highest BCUT2D eigenvalue weighted by molar-refractivity contribution is 5.27. The second kappa shape index (κ2) is 5.69. The zero-order valence-corrected chi connectivity index (χ0v) is 10.8. The van der Waals surface area contributed by atoms with Crippen molar-refractivity contribution < 1.29 is 4.74 Å². The molecule has 0 amide bonds. The van der Waals surface area contributed by atoms with Gasteiger partial charge in [-0.05, 0) is 30.2 Å². The summed E-state index contributed by atoms with van der Waals surface area (Å²) < 4.78 is 6.93. The van der Waals surface area contributed by atoms with Gasteiger partial charge in [0.15, 0.2) is 0 Å². The van der Waals surface area contributed by atoms with Gasteiger partial charge in [0.1, 0.15) is 5.75 Å². The second-order valence-electron chi connectivity index (χ2n) is 4.50. The Hall–Kier alpha value is -1.81. The van der Waals surface area contributed by atoms with Crippen molar-refractivity contribution in [2.75, 3.05) is 7.11 Å². The van der Waals surface area contributed by atoms with Crippen LogP contribution in [0.2, 0.25) is 0 Å². The molecule has 0 saturated heterocycles. The molecule has 1 atom stereocenters. The summed E-state index contributed by atoms with van der Waals surface area (Å²) in [5.41, 5.74) is 8.40. The smallest absolute Gasteiger partial charge is 0.118 e. The average Bonchev–Trinajstić information content (AvgIpc) is 2.75. The van der Waals surface area contributed by atoms with E-state index in [0.29, 0.717) is 0 Å². The molecule has 1 unspecified atom stereocenters. The lowest BCUT2D eigenvalue weighted by molar-refractivity contribution is 0.414. The number of nitrogens with zero attached hydrogens (tertiary/aromatic N) is 2. The van der Waals surface area contributed by atoms with Crippen molar-refractivity contribution in [2.24, 2.45) is 12.8 Å². The van der Waals surface area contributed by atoms with Crippen molar-refractivity contribution >= 4 is 0 Å². The maximum absolute atomic E-state index is 6.14. The molecule has 2 rings (SSSR count). The molecule has 1 aromatic heterocycles. The fourth-order valence-corrected chi connectivity index (χ4v) is 1.98. The number of aromatic nitrogens is 2. The first-order valence-corrected chi connectivity index (χ1v) is 6.04. The van der Waals surface area contributed by atoms with Gasteiger partial charge in [0.2, 0.25) is 0 Å². The predicted molar refractivity (Wildman–Crippen MR) is 71.6 cm³/mol. The van der Waals surface area contributed by atoms with Gasteiger partial charge in [-0.2, -0.15) is 5.10 Å². The third kappa shape index (κ3) is 3.34. The molecule has 0 fully saturated rings. The Balaban J connectivity index is 1.91. The fourth-order valence-electron chi connectivity index (χ4n) is 1.98. The first-order valence-electron chi connectivity index (χ1n) is 6.04. The van der Waals surface area contributed by atoms with Crippen LogP contribution >= 0.6 is 0 Å². The standard InChI is InChI=1S/C14H19N3O/c1-17-8-7-13(16-17)10-12(15)9-11-3-5-14(18-2)6-4-11/h3-8,12H,9-10,15H2,1-2H3. The SMILES string of the molecule is COc1ccc(CC(N)Cc2ccn(C)n2)cc1. The summed E-state index contributed by atoms with van der Waals surface area (Å²) in [6, 6.07) is 10.1. The van der Waals surface area contributed by atoms with E-state index in [1.165, 1.54) is 5.56 Å². The summed E-state index contributed by atoms with van der Waals surface area (Å²) in [6.07, 6.45) is 3.59. The highest BCUT2D eigenvalue weighted by Gasteiger charge is 2.07. The molecule has 0 radical (unpaired) electrons. The summed E-state index contributed by atoms with van der Waals surface area (Å²) >= 11 is 0. The van der Waals surface area contributed by atoms with Crippen LogP contribution in [-0.4, -0.2) is 22.9 Å². The molecule has 1 aromatic carbocycles. The molecule has 18 heavy (non-hydrogen) atoms. The van der Waals surface area contributed by atoms with Crippen molar-refractivity contribution in [3.05, 3.63) is 47.8 Å². The summed E-state index contributed by atoms with van der Waals surface area (Å²) in [5.74, 6) is 0.872. The van der Waals surface area contributed by atoms with Crippen molar-refractivity contribution in [1.82, 2.24) is 9.78 Å². The molecule has 0 aliphatic rings. The number of benzene rings is 1. The van der Waals surface area contributed by atoms with E-state index in [1.807, 2.05) is 31.4 Å². The van der Waals surface area contributed by atoms with Crippen molar-refractivity contribution in [1.29, 1.82) is 0 Å². The Morgan fingerprint density at radius 3 is 2.50 bits per heavy atom. The molecule has 0 aliphatic heterocycles. The summed E-state index contributed by atoms with van der Waals surface area (Å²) in [6.45, 7) is 0. The lowest BCUT2D eigenvalue weighted by Crippen LogP contribution is -2.25. The van der Waals surface area contributed by atoms with Gasteiger partial charge in [0.05, 0.1) is 12.8 Å². The predicted octanol–water partition coefficient (Wildman–Crippen LogP) is 1.54. The van der Waals surface area contributed by atoms with Crippen LogP contribution in [0.1, 0.15) is 11.3 Å². The zero-order valence-electron chi connectivity index (χ0n) is 10.8. The van der Waals surface area contributed by atoms with E-state index in [0.717, 1.165) is 24.3 Å². The number of aryl methyl sites for hydroxylation is 1. The number of hydrogen-bond acceptors (Lipinski definition) is 3. The van der Waals surface area contributed by atoms with E-state index in [9.17, 15) is 0 Å². The zero-order chi connectivity index (χ0) is 13.0. The van der Waals surface area contributed by atoms with Crippen molar-refractivity contribution in [2.45, 2.75) is 18.9 Å². The van der Waals surface area contributed by atoms with Gasteiger partial charge in [0.25, 0.3) is 0 Å². The average molecular weight is 245 g/mol. The van der Waals surface area contributed by atoms with Gasteiger partial charge >= 0.3 is 0 Å². The second-order valence-corrected chi connectivity index (χ2v) is 4.50. The van der Waals surface area contributed by atoms with Gasteiger partial charge in [0, 0.05) is 25.7 Å². The normalized spacial score (nSPS) is 12.4. The Bertz CT molecular complexity index is 490. The van der Waals surface area contributed by atoms with Gasteiger partial charge in [-0.15, -0.1) is 0 Å². The molecule has 1 heterocycles. The van der Waals surface area contributed by atoms with E-state index in [-0.39, 0.29) is 6.04 Å². The Morgan fingerprint density at radius 1 is 1.22 bits per heavy atom. The number of ether oxygens (including phenoxy) is 1. The van der Waals surface area contributed by atoms with Crippen LogP contribution in [0, 0.1) is 0 Å². The molecule has 0 aliphatic carbocycles. The van der Waals surface area contributed by atoms with Crippen LogP contribution in [-0.2, 0) is 19.9 Å². The lowest BCUT2D eigenvalue weighted by atomic mass is 10.0. The molecule has 0 spiro atoms. The van der Waals surface area contributed by atoms with Crippen LogP contribution in [0.5, 0.6) is 5.75 Å². The molecule has 0 bridgehead atoms. The molecular formula is C14H19N3O. The first kappa shape index (κ1) is 12.6. The third-order valence-electron chi connectivity index (χ3n) is 2.90. The van der Waals surface area contributed by atoms with Crippen LogP contribution < -0.4 is 10.5 Å². The highest BCUT2D eigenvalue weighted by Crippen LogP contribution is 2.13. The Kier molecular flexibility index (Phi) is 3.99. The number of nitrogens with two attached hydrogens (primary N) is 1. The highest BCUT2D eigenvalue weighted by atomic mass is 16.5. The van der Waals surface area contributed by atoms with E-state index < -0.39 is 0 Å². The molecule has 4 heteroatoms. The van der Waals surface area contributed by atoms with E-state index in [2.05, 4.69) is 17.2 Å². The van der Waals surface area contributed by atoms with Crippen molar-refractivity contribution in [3.63, 3.8) is 0 Å². The van der Waals surface area contributed by atoms with Gasteiger partial charge in [-0.1, -0.05) is 12.1 Å². The fraction of sp³-hybridized carbons (Fsp3) is 0.357. The topological polar surface area (TPSA) is 53.1 Å². The summed E-state index contributed by atoms with van der Waals surface area (Å²) in [5, 5.41) is 4.34. The summed E-state index contributed by atoms with van der Waals surface area (Å²) in [4.78, 5) is 0. The molecule has 2 N–H and O–H groups in total.